The summed E-state index contributed by atoms with van der Waals surface area (Å²) in [6.45, 7) is 0.769. The maximum Gasteiger partial charge on any atom is 0.239 e. The van der Waals surface area contributed by atoms with Crippen molar-refractivity contribution in [3.8, 4) is 0 Å². The van der Waals surface area contributed by atoms with E-state index in [2.05, 4.69) is 20.9 Å². The van der Waals surface area contributed by atoms with Crippen molar-refractivity contribution in [2.45, 2.75) is 44.7 Å². The minimum atomic E-state index is 0.0165. The lowest BCUT2D eigenvalue weighted by Gasteiger charge is -2.23. The molecule has 1 aliphatic carbocycles. The zero-order valence-corrected chi connectivity index (χ0v) is 12.5. The molecule has 1 aromatic heterocycles. The van der Waals surface area contributed by atoms with Crippen LogP contribution in [0.25, 0.3) is 0 Å². The Balaban J connectivity index is 1.66. The first kappa shape index (κ1) is 15.4. The first-order valence-electron chi connectivity index (χ1n) is 7.54. The molecule has 0 spiro atoms. The number of amides is 1. The summed E-state index contributed by atoms with van der Waals surface area (Å²) in [6.07, 6.45) is 7.53. The van der Waals surface area contributed by atoms with Crippen molar-refractivity contribution in [3.05, 3.63) is 24.2 Å². The molecule has 0 unspecified atom stereocenters. The summed E-state index contributed by atoms with van der Waals surface area (Å²) in [6, 6.07) is 4.06. The van der Waals surface area contributed by atoms with Crippen LogP contribution in [0.1, 0.15) is 37.9 Å². The minimum Gasteiger partial charge on any atom is -0.467 e. The largest absolute Gasteiger partial charge is 0.467 e. The molecule has 1 fully saturated rings. The number of carbonyl (C=O) groups is 1. The molecule has 116 valence electrons. The molecule has 1 amide bonds. The van der Waals surface area contributed by atoms with Gasteiger partial charge in [0, 0.05) is 13.1 Å². The van der Waals surface area contributed by atoms with Crippen LogP contribution >= 0.6 is 0 Å². The van der Waals surface area contributed by atoms with E-state index in [0.717, 1.165) is 18.6 Å². The highest BCUT2D eigenvalue weighted by molar-refractivity contribution is 5.86. The highest BCUT2D eigenvalue weighted by Gasteiger charge is 2.15. The fourth-order valence-electron chi connectivity index (χ4n) is 2.49. The number of nitrogens with zero attached hydrogens (tertiary/aromatic N) is 1. The van der Waals surface area contributed by atoms with E-state index in [4.69, 9.17) is 4.42 Å². The maximum atomic E-state index is 11.9. The van der Waals surface area contributed by atoms with E-state index in [-0.39, 0.29) is 12.5 Å². The van der Waals surface area contributed by atoms with Crippen molar-refractivity contribution in [2.24, 2.45) is 4.99 Å². The predicted molar refractivity (Wildman–Crippen MR) is 81.9 cm³/mol. The van der Waals surface area contributed by atoms with E-state index in [9.17, 15) is 4.79 Å². The molecular weight excluding hydrogens is 268 g/mol. The number of guanidine groups is 1. The molecule has 0 aromatic carbocycles. The molecule has 1 aromatic rings. The smallest absolute Gasteiger partial charge is 0.239 e. The summed E-state index contributed by atoms with van der Waals surface area (Å²) in [5.41, 5.74) is 0. The summed E-state index contributed by atoms with van der Waals surface area (Å²) in [5, 5.41) is 9.17. The highest BCUT2D eigenvalue weighted by Crippen LogP contribution is 2.16. The average Bonchev–Trinajstić information content (AvgIpc) is 3.02. The number of furan rings is 1. The SMILES string of the molecule is CN=C(NCC(=O)NC1CCCCC1)NCc1ccco1. The summed E-state index contributed by atoms with van der Waals surface area (Å²) in [7, 11) is 1.68. The lowest BCUT2D eigenvalue weighted by Crippen LogP contribution is -2.45. The summed E-state index contributed by atoms with van der Waals surface area (Å²) in [5.74, 6) is 1.43. The van der Waals surface area contributed by atoms with E-state index in [1.165, 1.54) is 19.3 Å². The van der Waals surface area contributed by atoms with Crippen LogP contribution in [0, 0.1) is 0 Å². The minimum absolute atomic E-state index is 0.0165. The van der Waals surface area contributed by atoms with Gasteiger partial charge >= 0.3 is 0 Å². The van der Waals surface area contributed by atoms with Gasteiger partial charge in [0.1, 0.15) is 5.76 Å². The van der Waals surface area contributed by atoms with Crippen molar-refractivity contribution < 1.29 is 9.21 Å². The van der Waals surface area contributed by atoms with Crippen molar-refractivity contribution in [3.63, 3.8) is 0 Å². The van der Waals surface area contributed by atoms with Crippen molar-refractivity contribution in [2.75, 3.05) is 13.6 Å². The fourth-order valence-corrected chi connectivity index (χ4v) is 2.49. The van der Waals surface area contributed by atoms with Crippen molar-refractivity contribution in [1.29, 1.82) is 0 Å². The molecule has 0 bridgehead atoms. The van der Waals surface area contributed by atoms with Gasteiger partial charge in [-0.05, 0) is 25.0 Å². The molecule has 21 heavy (non-hydrogen) atoms. The summed E-state index contributed by atoms with van der Waals surface area (Å²) in [4.78, 5) is 16.0. The Labute approximate surface area is 125 Å². The average molecular weight is 292 g/mol. The molecule has 6 nitrogen and oxygen atoms in total. The van der Waals surface area contributed by atoms with E-state index >= 15 is 0 Å². The van der Waals surface area contributed by atoms with Gasteiger partial charge in [-0.2, -0.15) is 0 Å². The fraction of sp³-hybridized carbons (Fsp3) is 0.600. The van der Waals surface area contributed by atoms with Gasteiger partial charge in [0.2, 0.25) is 5.91 Å². The number of rotatable bonds is 5. The van der Waals surface area contributed by atoms with Crippen LogP contribution in [-0.4, -0.2) is 31.5 Å². The van der Waals surface area contributed by atoms with Gasteiger partial charge in [-0.1, -0.05) is 19.3 Å². The first-order valence-corrected chi connectivity index (χ1v) is 7.54. The predicted octanol–water partition coefficient (Wildman–Crippen LogP) is 1.39. The highest BCUT2D eigenvalue weighted by atomic mass is 16.3. The molecule has 0 saturated heterocycles. The standard InChI is InChI=1S/C15H24N4O2/c1-16-15(17-10-13-8-5-9-21-13)18-11-14(20)19-12-6-3-2-4-7-12/h5,8-9,12H,2-4,6-7,10-11H2,1H3,(H,19,20)(H2,16,17,18). The normalized spacial score (nSPS) is 16.5. The van der Waals surface area contributed by atoms with Crippen LogP contribution in [0.2, 0.25) is 0 Å². The van der Waals surface area contributed by atoms with Gasteiger partial charge in [-0.15, -0.1) is 0 Å². The third-order valence-electron chi connectivity index (χ3n) is 3.62. The molecule has 6 heteroatoms. The van der Waals surface area contributed by atoms with E-state index < -0.39 is 0 Å². The van der Waals surface area contributed by atoms with Gasteiger partial charge in [-0.3, -0.25) is 9.79 Å². The van der Waals surface area contributed by atoms with Crippen LogP contribution < -0.4 is 16.0 Å². The zero-order chi connectivity index (χ0) is 14.9. The first-order chi connectivity index (χ1) is 10.3. The van der Waals surface area contributed by atoms with Crippen LogP contribution in [0.5, 0.6) is 0 Å². The zero-order valence-electron chi connectivity index (χ0n) is 12.5. The van der Waals surface area contributed by atoms with Gasteiger partial charge in [0.15, 0.2) is 5.96 Å². The van der Waals surface area contributed by atoms with Crippen molar-refractivity contribution in [1.82, 2.24) is 16.0 Å². The molecule has 0 aliphatic heterocycles. The van der Waals surface area contributed by atoms with Crippen LogP contribution in [0.4, 0.5) is 0 Å². The monoisotopic (exact) mass is 292 g/mol. The molecular formula is C15H24N4O2. The molecule has 0 radical (unpaired) electrons. The third kappa shape index (κ3) is 5.49. The Morgan fingerprint density at radius 3 is 2.81 bits per heavy atom. The lowest BCUT2D eigenvalue weighted by molar-refractivity contribution is -0.120. The molecule has 1 heterocycles. The Bertz CT molecular complexity index is 450. The van der Waals surface area contributed by atoms with Crippen LogP contribution in [-0.2, 0) is 11.3 Å². The van der Waals surface area contributed by atoms with Gasteiger partial charge < -0.3 is 20.4 Å². The third-order valence-corrected chi connectivity index (χ3v) is 3.62. The number of carbonyl (C=O) groups excluding carboxylic acids is 1. The number of hydrogen-bond donors (Lipinski definition) is 3. The summed E-state index contributed by atoms with van der Waals surface area (Å²) < 4.78 is 5.23. The Morgan fingerprint density at radius 1 is 1.33 bits per heavy atom. The summed E-state index contributed by atoms with van der Waals surface area (Å²) >= 11 is 0. The van der Waals surface area contributed by atoms with E-state index in [1.807, 2.05) is 12.1 Å². The van der Waals surface area contributed by atoms with Gasteiger partial charge in [0.25, 0.3) is 0 Å². The number of hydrogen-bond acceptors (Lipinski definition) is 3. The number of nitrogens with one attached hydrogen (secondary N) is 3. The quantitative estimate of drug-likeness (QED) is 0.566. The van der Waals surface area contributed by atoms with Crippen molar-refractivity contribution >= 4 is 11.9 Å². The second-order valence-corrected chi connectivity index (χ2v) is 5.26. The van der Waals surface area contributed by atoms with E-state index in [0.29, 0.717) is 18.5 Å². The lowest BCUT2D eigenvalue weighted by atomic mass is 9.95. The maximum absolute atomic E-state index is 11.9. The molecule has 0 atom stereocenters. The second kappa shape index (κ2) is 8.34. The van der Waals surface area contributed by atoms with Gasteiger partial charge in [-0.25, -0.2) is 0 Å². The van der Waals surface area contributed by atoms with Crippen LogP contribution in [0.15, 0.2) is 27.8 Å². The topological polar surface area (TPSA) is 78.7 Å². The molecule has 1 aliphatic rings. The second-order valence-electron chi connectivity index (χ2n) is 5.26. The van der Waals surface area contributed by atoms with Crippen LogP contribution in [0.3, 0.4) is 0 Å². The Morgan fingerprint density at radius 2 is 2.14 bits per heavy atom. The Hall–Kier alpha value is -1.98. The number of aliphatic imine (C=N–C) groups is 1. The molecule has 1 saturated carbocycles. The molecule has 2 rings (SSSR count). The van der Waals surface area contributed by atoms with Gasteiger partial charge in [0.05, 0.1) is 19.4 Å². The Kier molecular flexibility index (Phi) is 6.12. The van der Waals surface area contributed by atoms with E-state index in [1.54, 1.807) is 13.3 Å². The molecule has 3 N–H and O–H groups in total.